The van der Waals surface area contributed by atoms with E-state index in [-0.39, 0.29) is 5.91 Å². The molecule has 6 heteroatoms. The Hall–Kier alpha value is -1.04. The summed E-state index contributed by atoms with van der Waals surface area (Å²) in [5.74, 6) is 1.50. The van der Waals surface area contributed by atoms with Gasteiger partial charge in [0.1, 0.15) is 5.82 Å². The minimum Gasteiger partial charge on any atom is -0.297 e. The summed E-state index contributed by atoms with van der Waals surface area (Å²) < 4.78 is 0.901. The molecule has 0 spiro atoms. The van der Waals surface area contributed by atoms with E-state index < -0.39 is 0 Å². The standard InChI is InChI=1S/C16H16BrClN2OS/c1-2-20(15-8-3-12(17)11-19-15)16(21)9-10-22-14-6-4-13(18)5-7-14/h3-8,11H,2,9-10H2,1H3. The molecule has 1 aromatic carbocycles. The fraction of sp³-hybridized carbons (Fsp3) is 0.250. The first-order valence-electron chi connectivity index (χ1n) is 6.90. The summed E-state index contributed by atoms with van der Waals surface area (Å²) in [7, 11) is 0. The summed E-state index contributed by atoms with van der Waals surface area (Å²) >= 11 is 10.9. The molecule has 1 aromatic heterocycles. The molecule has 0 fully saturated rings. The highest BCUT2D eigenvalue weighted by Crippen LogP contribution is 2.22. The number of nitrogens with zero attached hydrogens (tertiary/aromatic N) is 2. The molecule has 2 aromatic rings. The van der Waals surface area contributed by atoms with E-state index in [4.69, 9.17) is 11.6 Å². The minimum atomic E-state index is 0.0822. The lowest BCUT2D eigenvalue weighted by Crippen LogP contribution is -2.31. The SMILES string of the molecule is CCN(C(=O)CCSc1ccc(Cl)cc1)c1ccc(Br)cn1. The van der Waals surface area contributed by atoms with Crippen molar-refractivity contribution in [1.29, 1.82) is 0 Å². The largest absolute Gasteiger partial charge is 0.297 e. The molecule has 0 radical (unpaired) electrons. The van der Waals surface area contributed by atoms with Gasteiger partial charge in [-0.15, -0.1) is 11.8 Å². The van der Waals surface area contributed by atoms with Gasteiger partial charge >= 0.3 is 0 Å². The number of carbonyl (C=O) groups is 1. The Kier molecular flexibility index (Phi) is 6.73. The highest BCUT2D eigenvalue weighted by Gasteiger charge is 2.14. The first kappa shape index (κ1) is 17.3. The second-order valence-corrected chi connectivity index (χ2v) is 7.05. The average molecular weight is 400 g/mol. The molecule has 0 unspecified atom stereocenters. The van der Waals surface area contributed by atoms with Crippen molar-refractivity contribution in [2.45, 2.75) is 18.2 Å². The third kappa shape index (κ3) is 5.00. The summed E-state index contributed by atoms with van der Waals surface area (Å²) in [6.07, 6.45) is 2.17. The molecular weight excluding hydrogens is 384 g/mol. The van der Waals surface area contributed by atoms with Gasteiger partial charge in [-0.1, -0.05) is 11.6 Å². The lowest BCUT2D eigenvalue weighted by Gasteiger charge is -2.19. The fourth-order valence-corrected chi connectivity index (χ4v) is 3.12. The Morgan fingerprint density at radius 1 is 1.27 bits per heavy atom. The van der Waals surface area contributed by atoms with Crippen LogP contribution in [-0.4, -0.2) is 23.2 Å². The first-order chi connectivity index (χ1) is 10.6. The fourth-order valence-electron chi connectivity index (χ4n) is 1.92. The van der Waals surface area contributed by atoms with Crippen LogP contribution in [0.15, 0.2) is 52.0 Å². The quantitative estimate of drug-likeness (QED) is 0.639. The Bertz CT molecular complexity index is 619. The van der Waals surface area contributed by atoms with Crippen molar-refractivity contribution < 1.29 is 4.79 Å². The number of amides is 1. The lowest BCUT2D eigenvalue weighted by atomic mass is 10.3. The number of rotatable bonds is 6. The highest BCUT2D eigenvalue weighted by molar-refractivity contribution is 9.10. The first-order valence-corrected chi connectivity index (χ1v) is 9.06. The predicted molar refractivity (Wildman–Crippen MR) is 96.8 cm³/mol. The van der Waals surface area contributed by atoms with Crippen LogP contribution in [0.1, 0.15) is 13.3 Å². The lowest BCUT2D eigenvalue weighted by molar-refractivity contribution is -0.118. The van der Waals surface area contributed by atoms with Crippen LogP contribution in [0.25, 0.3) is 0 Å². The molecule has 0 aliphatic rings. The summed E-state index contributed by atoms with van der Waals surface area (Å²) in [5, 5.41) is 0.721. The number of carbonyl (C=O) groups excluding carboxylic acids is 1. The van der Waals surface area contributed by atoms with Crippen molar-refractivity contribution in [1.82, 2.24) is 4.98 Å². The minimum absolute atomic E-state index is 0.0822. The third-order valence-corrected chi connectivity index (χ3v) is 4.74. The molecule has 0 N–H and O–H groups in total. The Balaban J connectivity index is 1.89. The molecule has 1 amide bonds. The van der Waals surface area contributed by atoms with E-state index in [2.05, 4.69) is 20.9 Å². The van der Waals surface area contributed by atoms with Crippen molar-refractivity contribution >= 4 is 51.0 Å². The maximum absolute atomic E-state index is 12.3. The van der Waals surface area contributed by atoms with Gasteiger partial charge in [-0.05, 0) is 59.3 Å². The van der Waals surface area contributed by atoms with Gasteiger partial charge in [-0.25, -0.2) is 4.98 Å². The van der Waals surface area contributed by atoms with Gasteiger partial charge in [0.05, 0.1) is 0 Å². The smallest absolute Gasteiger partial charge is 0.228 e. The van der Waals surface area contributed by atoms with Crippen molar-refractivity contribution in [3.63, 3.8) is 0 Å². The molecule has 0 bridgehead atoms. The molecule has 1 heterocycles. The number of thioether (sulfide) groups is 1. The monoisotopic (exact) mass is 398 g/mol. The summed E-state index contributed by atoms with van der Waals surface area (Å²) in [4.78, 5) is 19.4. The normalized spacial score (nSPS) is 10.5. The van der Waals surface area contributed by atoms with Gasteiger partial charge in [-0.2, -0.15) is 0 Å². The maximum Gasteiger partial charge on any atom is 0.228 e. The summed E-state index contributed by atoms with van der Waals surface area (Å²) in [6, 6.07) is 11.4. The van der Waals surface area contributed by atoms with Crippen LogP contribution in [0, 0.1) is 0 Å². The molecule has 3 nitrogen and oxygen atoms in total. The van der Waals surface area contributed by atoms with Gasteiger partial charge in [0.15, 0.2) is 0 Å². The number of pyridine rings is 1. The number of aromatic nitrogens is 1. The number of hydrogen-bond acceptors (Lipinski definition) is 3. The summed E-state index contributed by atoms with van der Waals surface area (Å²) in [6.45, 7) is 2.56. The van der Waals surface area contributed by atoms with Crippen LogP contribution in [0.5, 0.6) is 0 Å². The second kappa shape index (κ2) is 8.56. The number of hydrogen-bond donors (Lipinski definition) is 0. The molecule has 0 aliphatic carbocycles. The predicted octanol–water partition coefficient (Wildman–Crippen LogP) is 5.03. The van der Waals surface area contributed by atoms with E-state index in [0.29, 0.717) is 18.8 Å². The zero-order chi connectivity index (χ0) is 15.9. The van der Waals surface area contributed by atoms with Crippen molar-refractivity contribution in [3.05, 3.63) is 52.1 Å². The molecular formula is C16H16BrClN2OS. The highest BCUT2D eigenvalue weighted by atomic mass is 79.9. The number of benzene rings is 1. The Morgan fingerprint density at radius 2 is 2.00 bits per heavy atom. The molecule has 0 atom stereocenters. The topological polar surface area (TPSA) is 33.2 Å². The Labute approximate surface area is 148 Å². The van der Waals surface area contributed by atoms with Crippen LogP contribution in [0.3, 0.4) is 0 Å². The van der Waals surface area contributed by atoms with E-state index >= 15 is 0 Å². The van der Waals surface area contributed by atoms with Crippen LogP contribution in [0.2, 0.25) is 5.02 Å². The molecule has 0 saturated heterocycles. The molecule has 2 rings (SSSR count). The van der Waals surface area contributed by atoms with Crippen molar-refractivity contribution in [2.75, 3.05) is 17.2 Å². The summed E-state index contributed by atoms with van der Waals surface area (Å²) in [5.41, 5.74) is 0. The van der Waals surface area contributed by atoms with Gasteiger partial charge in [0.25, 0.3) is 0 Å². The number of anilines is 1. The average Bonchev–Trinajstić information content (AvgIpc) is 2.52. The van der Waals surface area contributed by atoms with Gasteiger partial charge in [-0.3, -0.25) is 9.69 Å². The van der Waals surface area contributed by atoms with Gasteiger partial charge in [0.2, 0.25) is 5.91 Å². The van der Waals surface area contributed by atoms with Crippen LogP contribution < -0.4 is 4.90 Å². The Morgan fingerprint density at radius 3 is 2.59 bits per heavy atom. The van der Waals surface area contributed by atoms with Gasteiger partial charge < -0.3 is 0 Å². The van der Waals surface area contributed by atoms with E-state index in [1.165, 1.54) is 0 Å². The molecule has 0 saturated carbocycles. The van der Waals surface area contributed by atoms with Gasteiger partial charge in [0, 0.05) is 39.3 Å². The van der Waals surface area contributed by atoms with Crippen LogP contribution >= 0.6 is 39.3 Å². The third-order valence-electron chi connectivity index (χ3n) is 3.00. The van der Waals surface area contributed by atoms with E-state index in [0.717, 1.165) is 20.1 Å². The van der Waals surface area contributed by atoms with Crippen molar-refractivity contribution in [2.24, 2.45) is 0 Å². The van der Waals surface area contributed by atoms with Crippen molar-refractivity contribution in [3.8, 4) is 0 Å². The molecule has 22 heavy (non-hydrogen) atoms. The maximum atomic E-state index is 12.3. The van der Waals surface area contributed by atoms with E-state index in [1.807, 2.05) is 43.3 Å². The zero-order valence-electron chi connectivity index (χ0n) is 12.1. The number of halogens is 2. The van der Waals surface area contributed by atoms with Crippen LogP contribution in [0.4, 0.5) is 5.82 Å². The zero-order valence-corrected chi connectivity index (χ0v) is 15.3. The van der Waals surface area contributed by atoms with E-state index in [9.17, 15) is 4.79 Å². The second-order valence-electron chi connectivity index (χ2n) is 4.52. The van der Waals surface area contributed by atoms with E-state index in [1.54, 1.807) is 22.9 Å². The van der Waals surface area contributed by atoms with Crippen LogP contribution in [-0.2, 0) is 4.79 Å². The molecule has 116 valence electrons. The molecule has 0 aliphatic heterocycles.